The summed E-state index contributed by atoms with van der Waals surface area (Å²) < 4.78 is 11.8. The van der Waals surface area contributed by atoms with Crippen molar-refractivity contribution in [3.8, 4) is 0 Å². The van der Waals surface area contributed by atoms with Gasteiger partial charge in [0.1, 0.15) is 6.67 Å². The zero-order valence-corrected chi connectivity index (χ0v) is 5.57. The van der Waals surface area contributed by atoms with Crippen LogP contribution in [0.25, 0.3) is 0 Å². The van der Waals surface area contributed by atoms with Gasteiger partial charge in [-0.2, -0.15) is 0 Å². The summed E-state index contributed by atoms with van der Waals surface area (Å²) in [6, 6.07) is -0.475. The summed E-state index contributed by atoms with van der Waals surface area (Å²) >= 11 is 1.38. The van der Waals surface area contributed by atoms with Crippen LogP contribution in [0, 0.1) is 0 Å². The third kappa shape index (κ3) is 1.46. The standard InChI is InChI=1S/C5H7FN2S/c6-1-4(7)5-2-8-3-9-5/h2-4H,1,7H2. The van der Waals surface area contributed by atoms with Crippen LogP contribution in [0.15, 0.2) is 11.7 Å². The molecular formula is C5H7FN2S. The Hall–Kier alpha value is -0.480. The highest BCUT2D eigenvalue weighted by Gasteiger charge is 2.04. The van der Waals surface area contributed by atoms with Crippen molar-refractivity contribution in [1.29, 1.82) is 0 Å². The SMILES string of the molecule is NC(CF)c1cncs1. The smallest absolute Gasteiger partial charge is 0.110 e. The Morgan fingerprint density at radius 2 is 2.67 bits per heavy atom. The Morgan fingerprint density at radius 1 is 1.89 bits per heavy atom. The van der Waals surface area contributed by atoms with Crippen LogP contribution in [0.2, 0.25) is 0 Å². The van der Waals surface area contributed by atoms with Crippen LogP contribution in [-0.2, 0) is 0 Å². The maximum Gasteiger partial charge on any atom is 0.110 e. The summed E-state index contributed by atoms with van der Waals surface area (Å²) in [6.45, 7) is -0.512. The topological polar surface area (TPSA) is 38.9 Å². The van der Waals surface area contributed by atoms with Crippen LogP contribution in [0.5, 0.6) is 0 Å². The third-order valence-corrected chi connectivity index (χ3v) is 1.89. The molecular weight excluding hydrogens is 139 g/mol. The molecule has 0 aliphatic carbocycles. The molecule has 1 atom stereocenters. The van der Waals surface area contributed by atoms with Crippen molar-refractivity contribution in [3.63, 3.8) is 0 Å². The summed E-state index contributed by atoms with van der Waals surface area (Å²) in [6.07, 6.45) is 1.59. The van der Waals surface area contributed by atoms with Crippen molar-refractivity contribution in [2.24, 2.45) is 5.73 Å². The van der Waals surface area contributed by atoms with E-state index < -0.39 is 12.7 Å². The fourth-order valence-corrected chi connectivity index (χ4v) is 1.09. The number of nitrogens with two attached hydrogens (primary N) is 1. The molecule has 0 aliphatic rings. The van der Waals surface area contributed by atoms with Gasteiger partial charge in [-0.1, -0.05) is 0 Å². The predicted molar refractivity (Wildman–Crippen MR) is 35.0 cm³/mol. The first-order chi connectivity index (χ1) is 4.34. The van der Waals surface area contributed by atoms with Gasteiger partial charge in [-0.05, 0) is 0 Å². The van der Waals surface area contributed by atoms with Crippen LogP contribution in [0.3, 0.4) is 0 Å². The molecule has 0 aliphatic heterocycles. The molecule has 0 aromatic carbocycles. The quantitative estimate of drug-likeness (QED) is 0.678. The van der Waals surface area contributed by atoms with Crippen LogP contribution >= 0.6 is 11.3 Å². The monoisotopic (exact) mass is 146 g/mol. The molecule has 0 bridgehead atoms. The van der Waals surface area contributed by atoms with E-state index in [4.69, 9.17) is 5.73 Å². The van der Waals surface area contributed by atoms with E-state index in [1.807, 2.05) is 0 Å². The molecule has 1 unspecified atom stereocenters. The van der Waals surface area contributed by atoms with Gasteiger partial charge in [-0.15, -0.1) is 11.3 Å². The number of rotatable bonds is 2. The molecule has 0 spiro atoms. The number of alkyl halides is 1. The summed E-state index contributed by atoms with van der Waals surface area (Å²) in [5.41, 5.74) is 6.98. The highest BCUT2D eigenvalue weighted by molar-refractivity contribution is 7.09. The number of nitrogens with zero attached hydrogens (tertiary/aromatic N) is 1. The molecule has 0 saturated heterocycles. The van der Waals surface area contributed by atoms with Crippen molar-refractivity contribution >= 4 is 11.3 Å². The van der Waals surface area contributed by atoms with Gasteiger partial charge in [0.05, 0.1) is 11.6 Å². The van der Waals surface area contributed by atoms with Gasteiger partial charge in [0, 0.05) is 11.1 Å². The second-order valence-electron chi connectivity index (χ2n) is 1.66. The number of hydrogen-bond donors (Lipinski definition) is 1. The van der Waals surface area contributed by atoms with E-state index in [1.165, 1.54) is 11.3 Å². The highest BCUT2D eigenvalue weighted by Crippen LogP contribution is 2.14. The molecule has 0 fully saturated rings. The molecule has 4 heteroatoms. The van der Waals surface area contributed by atoms with Gasteiger partial charge in [0.15, 0.2) is 0 Å². The third-order valence-electron chi connectivity index (χ3n) is 0.983. The lowest BCUT2D eigenvalue weighted by molar-refractivity contribution is 0.440. The Morgan fingerprint density at radius 3 is 3.11 bits per heavy atom. The molecule has 0 saturated carbocycles. The molecule has 0 radical (unpaired) electrons. The minimum atomic E-state index is -0.512. The fraction of sp³-hybridized carbons (Fsp3) is 0.400. The van der Waals surface area contributed by atoms with E-state index in [-0.39, 0.29) is 0 Å². The summed E-state index contributed by atoms with van der Waals surface area (Å²) in [5, 5.41) is 0. The molecule has 2 nitrogen and oxygen atoms in total. The maximum atomic E-state index is 11.8. The molecule has 1 heterocycles. The molecule has 50 valence electrons. The van der Waals surface area contributed by atoms with Crippen molar-refractivity contribution in [2.75, 3.05) is 6.67 Å². The second-order valence-corrected chi connectivity index (χ2v) is 2.58. The van der Waals surface area contributed by atoms with Gasteiger partial charge in [0.25, 0.3) is 0 Å². The lowest BCUT2D eigenvalue weighted by Crippen LogP contribution is -2.09. The number of halogens is 1. The summed E-state index contributed by atoms with van der Waals surface area (Å²) in [5.74, 6) is 0. The van der Waals surface area contributed by atoms with E-state index in [0.29, 0.717) is 0 Å². The maximum absolute atomic E-state index is 11.8. The van der Waals surface area contributed by atoms with Crippen LogP contribution < -0.4 is 5.73 Å². The first-order valence-electron chi connectivity index (χ1n) is 2.54. The zero-order valence-electron chi connectivity index (χ0n) is 4.75. The number of thiazole rings is 1. The molecule has 1 aromatic rings. The minimum Gasteiger partial charge on any atom is -0.321 e. The first kappa shape index (κ1) is 6.64. The van der Waals surface area contributed by atoms with Crippen LogP contribution in [0.4, 0.5) is 4.39 Å². The van der Waals surface area contributed by atoms with E-state index in [9.17, 15) is 4.39 Å². The van der Waals surface area contributed by atoms with Crippen molar-refractivity contribution in [3.05, 3.63) is 16.6 Å². The van der Waals surface area contributed by atoms with Crippen molar-refractivity contribution in [1.82, 2.24) is 4.98 Å². The van der Waals surface area contributed by atoms with E-state index >= 15 is 0 Å². The van der Waals surface area contributed by atoms with E-state index in [0.717, 1.165) is 4.88 Å². The largest absolute Gasteiger partial charge is 0.321 e. The van der Waals surface area contributed by atoms with Crippen molar-refractivity contribution in [2.45, 2.75) is 6.04 Å². The van der Waals surface area contributed by atoms with Gasteiger partial charge in [-0.25, -0.2) is 4.39 Å². The van der Waals surface area contributed by atoms with Gasteiger partial charge < -0.3 is 5.73 Å². The molecule has 9 heavy (non-hydrogen) atoms. The summed E-state index contributed by atoms with van der Waals surface area (Å²) in [7, 11) is 0. The fourth-order valence-electron chi connectivity index (χ4n) is 0.485. The van der Waals surface area contributed by atoms with Crippen LogP contribution in [0.1, 0.15) is 10.9 Å². The van der Waals surface area contributed by atoms with Crippen molar-refractivity contribution < 1.29 is 4.39 Å². The first-order valence-corrected chi connectivity index (χ1v) is 3.42. The Kier molecular flexibility index (Phi) is 2.13. The Bertz CT molecular complexity index is 163. The molecule has 1 aromatic heterocycles. The highest BCUT2D eigenvalue weighted by atomic mass is 32.1. The van der Waals surface area contributed by atoms with E-state index in [1.54, 1.807) is 11.7 Å². The summed E-state index contributed by atoms with van der Waals surface area (Å²) in [4.78, 5) is 4.57. The second kappa shape index (κ2) is 2.89. The number of hydrogen-bond acceptors (Lipinski definition) is 3. The van der Waals surface area contributed by atoms with E-state index in [2.05, 4.69) is 4.98 Å². The van der Waals surface area contributed by atoms with Crippen LogP contribution in [-0.4, -0.2) is 11.7 Å². The lowest BCUT2D eigenvalue weighted by atomic mass is 10.3. The Labute approximate surface area is 56.5 Å². The normalized spacial score (nSPS) is 13.6. The average Bonchev–Trinajstić information content (AvgIpc) is 2.37. The average molecular weight is 146 g/mol. The lowest BCUT2D eigenvalue weighted by Gasteiger charge is -1.99. The Balaban J connectivity index is 2.65. The van der Waals surface area contributed by atoms with Gasteiger partial charge >= 0.3 is 0 Å². The zero-order chi connectivity index (χ0) is 6.69. The number of aromatic nitrogens is 1. The molecule has 0 amide bonds. The van der Waals surface area contributed by atoms with Gasteiger partial charge in [-0.3, -0.25) is 4.98 Å². The molecule has 1 rings (SSSR count). The van der Waals surface area contributed by atoms with Gasteiger partial charge in [0.2, 0.25) is 0 Å². The minimum absolute atomic E-state index is 0.475. The molecule has 2 N–H and O–H groups in total. The predicted octanol–water partition coefficient (Wildman–Crippen LogP) is 1.11.